The normalized spacial score (nSPS) is 25.8. The molecule has 1 aromatic rings. The first-order valence-electron chi connectivity index (χ1n) is 7.86. The highest BCUT2D eigenvalue weighted by Crippen LogP contribution is 2.31. The Bertz CT molecular complexity index is 824. The molecule has 2 aliphatic heterocycles. The van der Waals surface area contributed by atoms with Crippen LogP contribution in [0.1, 0.15) is 19.1 Å². The van der Waals surface area contributed by atoms with Gasteiger partial charge in [0.1, 0.15) is 18.4 Å². The maximum absolute atomic E-state index is 12.2. The van der Waals surface area contributed by atoms with Crippen LogP contribution in [0.3, 0.4) is 0 Å². The topological polar surface area (TPSA) is 103 Å². The molecule has 0 spiro atoms. The van der Waals surface area contributed by atoms with Crippen molar-refractivity contribution in [2.24, 2.45) is 0 Å². The van der Waals surface area contributed by atoms with E-state index in [1.807, 2.05) is 30.3 Å². The standard InChI is InChI=1S/C16H19N3O6/c1-17-6-3-2-4-14(17)24-11-8-15(25-12(11)9-20)18-7-5-13(22)19(10-21)16(18)23/h3-7,10-12,15,20H,2,8-9H2,1H3/t11-,12+,15+/m0/s1. The Hall–Kier alpha value is -2.65. The van der Waals surface area contributed by atoms with Crippen molar-refractivity contribution in [3.05, 3.63) is 57.3 Å². The van der Waals surface area contributed by atoms with Crippen molar-refractivity contribution in [1.82, 2.24) is 14.0 Å². The van der Waals surface area contributed by atoms with Crippen LogP contribution in [-0.2, 0) is 14.3 Å². The van der Waals surface area contributed by atoms with Gasteiger partial charge in [0.15, 0.2) is 5.88 Å². The third kappa shape index (κ3) is 3.28. The molecule has 25 heavy (non-hydrogen) atoms. The van der Waals surface area contributed by atoms with Crippen molar-refractivity contribution in [2.75, 3.05) is 13.7 Å². The third-order valence-electron chi connectivity index (χ3n) is 4.20. The van der Waals surface area contributed by atoms with Crippen LogP contribution >= 0.6 is 0 Å². The number of carbonyl (C=O) groups excluding carboxylic acids is 1. The molecule has 1 saturated heterocycles. The number of aliphatic hydroxyl groups is 1. The van der Waals surface area contributed by atoms with Gasteiger partial charge in [-0.1, -0.05) is 6.08 Å². The monoisotopic (exact) mass is 349 g/mol. The van der Waals surface area contributed by atoms with Crippen LogP contribution in [-0.4, -0.2) is 51.4 Å². The predicted molar refractivity (Wildman–Crippen MR) is 87.2 cm³/mol. The van der Waals surface area contributed by atoms with Crippen molar-refractivity contribution >= 4 is 6.41 Å². The number of allylic oxidation sites excluding steroid dienone is 2. The van der Waals surface area contributed by atoms with E-state index in [0.29, 0.717) is 10.5 Å². The van der Waals surface area contributed by atoms with E-state index < -0.39 is 29.7 Å². The Morgan fingerprint density at radius 1 is 1.44 bits per heavy atom. The summed E-state index contributed by atoms with van der Waals surface area (Å²) < 4.78 is 13.3. The summed E-state index contributed by atoms with van der Waals surface area (Å²) in [5.41, 5.74) is -1.50. The minimum absolute atomic E-state index is 0.168. The first kappa shape index (κ1) is 17.2. The number of rotatable bonds is 5. The van der Waals surface area contributed by atoms with E-state index >= 15 is 0 Å². The average Bonchev–Trinajstić information content (AvgIpc) is 3.00. The van der Waals surface area contributed by atoms with E-state index in [4.69, 9.17) is 9.47 Å². The molecule has 3 heterocycles. The van der Waals surface area contributed by atoms with Crippen LogP contribution in [0.5, 0.6) is 0 Å². The molecule has 0 unspecified atom stereocenters. The molecule has 1 aromatic heterocycles. The van der Waals surface area contributed by atoms with Crippen LogP contribution < -0.4 is 11.2 Å². The first-order valence-corrected chi connectivity index (χ1v) is 7.86. The van der Waals surface area contributed by atoms with Crippen LogP contribution in [0.4, 0.5) is 0 Å². The highest BCUT2D eigenvalue weighted by molar-refractivity contribution is 5.50. The second-order valence-corrected chi connectivity index (χ2v) is 5.80. The van der Waals surface area contributed by atoms with E-state index in [1.54, 1.807) is 0 Å². The molecule has 0 aliphatic carbocycles. The lowest BCUT2D eigenvalue weighted by Gasteiger charge is -2.26. The predicted octanol–water partition coefficient (Wildman–Crippen LogP) is -0.596. The van der Waals surface area contributed by atoms with E-state index in [2.05, 4.69) is 0 Å². The molecule has 0 saturated carbocycles. The van der Waals surface area contributed by atoms with Crippen LogP contribution in [0, 0.1) is 0 Å². The number of hydrogen-bond donors (Lipinski definition) is 1. The van der Waals surface area contributed by atoms with Crippen LogP contribution in [0.2, 0.25) is 0 Å². The molecule has 0 bridgehead atoms. The van der Waals surface area contributed by atoms with Gasteiger partial charge in [-0.15, -0.1) is 0 Å². The van der Waals surface area contributed by atoms with Gasteiger partial charge in [-0.05, 0) is 12.5 Å². The number of aliphatic hydroxyl groups excluding tert-OH is 1. The first-order chi connectivity index (χ1) is 12.0. The minimum atomic E-state index is -0.790. The SMILES string of the molecule is CN1C=CCC=C1O[C@H]1C[C@H](n2ccc(=O)n(C=O)c2=O)O[C@@H]1CO. The second-order valence-electron chi connectivity index (χ2n) is 5.80. The van der Waals surface area contributed by atoms with Gasteiger partial charge >= 0.3 is 5.69 Å². The van der Waals surface area contributed by atoms with Gasteiger partial charge in [0.2, 0.25) is 6.41 Å². The molecule has 3 rings (SSSR count). The molecular weight excluding hydrogens is 330 g/mol. The summed E-state index contributed by atoms with van der Waals surface area (Å²) in [4.78, 5) is 36.5. The highest BCUT2D eigenvalue weighted by Gasteiger charge is 2.38. The molecule has 0 aromatic carbocycles. The zero-order valence-electron chi connectivity index (χ0n) is 13.6. The zero-order chi connectivity index (χ0) is 18.0. The Balaban J connectivity index is 1.82. The lowest BCUT2D eigenvalue weighted by atomic mass is 10.2. The Morgan fingerprint density at radius 3 is 2.92 bits per heavy atom. The average molecular weight is 349 g/mol. The van der Waals surface area contributed by atoms with Gasteiger partial charge in [0.25, 0.3) is 5.56 Å². The summed E-state index contributed by atoms with van der Waals surface area (Å²) >= 11 is 0. The second kappa shape index (κ2) is 7.08. The number of ether oxygens (including phenoxy) is 2. The van der Waals surface area contributed by atoms with Crippen molar-refractivity contribution in [3.8, 4) is 0 Å². The largest absolute Gasteiger partial charge is 0.473 e. The fraction of sp³-hybridized carbons (Fsp3) is 0.438. The lowest BCUT2D eigenvalue weighted by molar-refractivity contribution is -0.0567. The minimum Gasteiger partial charge on any atom is -0.473 e. The summed E-state index contributed by atoms with van der Waals surface area (Å²) in [7, 11) is 1.84. The van der Waals surface area contributed by atoms with E-state index in [0.717, 1.165) is 17.1 Å². The summed E-state index contributed by atoms with van der Waals surface area (Å²) in [5.74, 6) is 0.639. The molecule has 9 nitrogen and oxygen atoms in total. The van der Waals surface area contributed by atoms with Gasteiger partial charge in [0.05, 0.1) is 6.61 Å². The zero-order valence-corrected chi connectivity index (χ0v) is 13.6. The molecule has 1 fully saturated rings. The summed E-state index contributed by atoms with van der Waals surface area (Å²) in [6.07, 6.45) is 6.39. The number of carbonyl (C=O) groups is 1. The fourth-order valence-electron chi connectivity index (χ4n) is 2.87. The third-order valence-corrected chi connectivity index (χ3v) is 4.20. The highest BCUT2D eigenvalue weighted by atomic mass is 16.6. The Labute approximate surface area is 143 Å². The smallest absolute Gasteiger partial charge is 0.339 e. The quantitative estimate of drug-likeness (QED) is 0.708. The molecule has 134 valence electrons. The van der Waals surface area contributed by atoms with Gasteiger partial charge in [-0.3, -0.25) is 14.2 Å². The summed E-state index contributed by atoms with van der Waals surface area (Å²) in [6, 6.07) is 1.11. The van der Waals surface area contributed by atoms with Crippen molar-refractivity contribution in [1.29, 1.82) is 0 Å². The Kier molecular flexibility index (Phi) is 4.86. The number of hydrogen-bond acceptors (Lipinski definition) is 7. The van der Waals surface area contributed by atoms with Gasteiger partial charge in [-0.2, -0.15) is 4.57 Å². The summed E-state index contributed by atoms with van der Waals surface area (Å²) in [5, 5.41) is 9.56. The number of aromatic nitrogens is 2. The van der Waals surface area contributed by atoms with E-state index in [-0.39, 0.29) is 19.4 Å². The van der Waals surface area contributed by atoms with Crippen molar-refractivity contribution in [2.45, 2.75) is 31.3 Å². The number of nitrogens with zero attached hydrogens (tertiary/aromatic N) is 3. The molecular formula is C16H19N3O6. The van der Waals surface area contributed by atoms with Crippen molar-refractivity contribution in [3.63, 3.8) is 0 Å². The molecule has 2 aliphatic rings. The molecule has 0 amide bonds. The molecule has 3 atom stereocenters. The van der Waals surface area contributed by atoms with Crippen LogP contribution in [0.15, 0.2) is 46.1 Å². The van der Waals surface area contributed by atoms with Crippen LogP contribution in [0.25, 0.3) is 0 Å². The van der Waals surface area contributed by atoms with Gasteiger partial charge < -0.3 is 19.5 Å². The maximum atomic E-state index is 12.2. The fourth-order valence-corrected chi connectivity index (χ4v) is 2.87. The van der Waals surface area contributed by atoms with E-state index in [9.17, 15) is 19.5 Å². The van der Waals surface area contributed by atoms with Crippen molar-refractivity contribution < 1.29 is 19.4 Å². The molecule has 9 heteroatoms. The lowest BCUT2D eigenvalue weighted by Crippen LogP contribution is -2.40. The van der Waals surface area contributed by atoms with E-state index in [1.165, 1.54) is 6.20 Å². The Morgan fingerprint density at radius 2 is 2.24 bits per heavy atom. The summed E-state index contributed by atoms with van der Waals surface area (Å²) in [6.45, 7) is -0.282. The van der Waals surface area contributed by atoms with Gasteiger partial charge in [-0.25, -0.2) is 4.79 Å². The maximum Gasteiger partial charge on any atom is 0.339 e. The van der Waals surface area contributed by atoms with Gasteiger partial charge in [0, 0.05) is 31.9 Å². The molecule has 0 radical (unpaired) electrons. The molecule has 1 N–H and O–H groups in total.